The Morgan fingerprint density at radius 2 is 1.97 bits per heavy atom. The van der Waals surface area contributed by atoms with E-state index in [1.807, 2.05) is 24.6 Å². The molecule has 2 aromatic heterocycles. The number of pyridine rings is 1. The van der Waals surface area contributed by atoms with Crippen molar-refractivity contribution in [2.45, 2.75) is 43.5 Å². The number of benzene rings is 1. The Hall–Kier alpha value is -2.74. The van der Waals surface area contributed by atoms with Gasteiger partial charge in [-0.3, -0.25) is 4.79 Å². The van der Waals surface area contributed by atoms with Gasteiger partial charge in [0.15, 0.2) is 15.5 Å². The molecule has 1 aliphatic carbocycles. The van der Waals surface area contributed by atoms with Gasteiger partial charge in [0.1, 0.15) is 0 Å². The van der Waals surface area contributed by atoms with Gasteiger partial charge >= 0.3 is 0 Å². The van der Waals surface area contributed by atoms with Crippen LogP contribution in [0.25, 0.3) is 11.0 Å². The predicted molar refractivity (Wildman–Crippen MR) is 111 cm³/mol. The van der Waals surface area contributed by atoms with E-state index in [1.165, 1.54) is 0 Å². The zero-order valence-electron chi connectivity index (χ0n) is 16.5. The Balaban J connectivity index is 1.55. The van der Waals surface area contributed by atoms with E-state index in [1.54, 1.807) is 36.5 Å². The van der Waals surface area contributed by atoms with E-state index in [-0.39, 0.29) is 29.1 Å². The topological polar surface area (TPSA) is 94.0 Å². The summed E-state index contributed by atoms with van der Waals surface area (Å²) in [6, 6.07) is 10.2. The molecule has 0 saturated heterocycles. The van der Waals surface area contributed by atoms with Crippen LogP contribution in [0.5, 0.6) is 0 Å². The zero-order valence-corrected chi connectivity index (χ0v) is 17.3. The summed E-state index contributed by atoms with van der Waals surface area (Å²) < 4.78 is 26.7. The average molecular weight is 413 g/mol. The molecule has 0 radical (unpaired) electrons. The van der Waals surface area contributed by atoms with Gasteiger partial charge < -0.3 is 5.32 Å². The Bertz CT molecular complexity index is 1150. The minimum absolute atomic E-state index is 0.0386. The number of hydrogen-bond donors (Lipinski definition) is 1. The van der Waals surface area contributed by atoms with Gasteiger partial charge in [-0.15, -0.1) is 0 Å². The largest absolute Gasteiger partial charge is 0.351 e. The molecular weight excluding hydrogens is 388 g/mol. The quantitative estimate of drug-likeness (QED) is 0.644. The second-order valence-corrected chi connectivity index (χ2v) is 9.79. The van der Waals surface area contributed by atoms with Crippen LogP contribution in [0.3, 0.4) is 0 Å². The molecule has 1 aromatic carbocycles. The fraction of sp³-hybridized carbons (Fsp3) is 0.381. The van der Waals surface area contributed by atoms with Crippen LogP contribution in [-0.4, -0.2) is 41.4 Å². The van der Waals surface area contributed by atoms with Crippen LogP contribution in [0.1, 0.15) is 54.7 Å². The molecule has 1 amide bonds. The lowest BCUT2D eigenvalue weighted by Gasteiger charge is -2.11. The number of hydrogen-bond acceptors (Lipinski definition) is 5. The summed E-state index contributed by atoms with van der Waals surface area (Å²) in [6.07, 6.45) is 3.81. The molecule has 0 bridgehead atoms. The van der Waals surface area contributed by atoms with Gasteiger partial charge in [0.25, 0.3) is 5.91 Å². The van der Waals surface area contributed by atoms with Crippen molar-refractivity contribution in [3.63, 3.8) is 0 Å². The van der Waals surface area contributed by atoms with Crippen molar-refractivity contribution in [3.8, 4) is 0 Å². The number of carbonyl (C=O) groups excluding carboxylic acids is 1. The molecule has 7 nitrogen and oxygen atoms in total. The molecule has 3 aromatic rings. The lowest BCUT2D eigenvalue weighted by Crippen LogP contribution is -2.29. The lowest BCUT2D eigenvalue weighted by atomic mass is 10.1. The molecule has 29 heavy (non-hydrogen) atoms. The highest BCUT2D eigenvalue weighted by atomic mass is 32.2. The maximum Gasteiger partial charge on any atom is 0.252 e. The molecule has 152 valence electrons. The fourth-order valence-corrected chi connectivity index (χ4v) is 4.51. The summed E-state index contributed by atoms with van der Waals surface area (Å²) in [6.45, 7) is 4.08. The molecule has 1 fully saturated rings. The third kappa shape index (κ3) is 4.03. The number of aromatic nitrogens is 3. The molecule has 1 saturated carbocycles. The third-order valence-corrected chi connectivity index (χ3v) is 6.81. The van der Waals surface area contributed by atoms with E-state index < -0.39 is 9.84 Å². The van der Waals surface area contributed by atoms with Gasteiger partial charge in [-0.1, -0.05) is 18.2 Å². The summed E-state index contributed by atoms with van der Waals surface area (Å²) in [5, 5.41) is 7.84. The van der Waals surface area contributed by atoms with Crippen molar-refractivity contribution in [2.24, 2.45) is 0 Å². The summed E-state index contributed by atoms with van der Waals surface area (Å²) >= 11 is 0. The number of sulfone groups is 1. The van der Waals surface area contributed by atoms with Gasteiger partial charge in [0.2, 0.25) is 0 Å². The fourth-order valence-electron chi connectivity index (χ4n) is 3.33. The van der Waals surface area contributed by atoms with E-state index >= 15 is 0 Å². The summed E-state index contributed by atoms with van der Waals surface area (Å²) in [5.74, 6) is -0.0663. The first-order valence-electron chi connectivity index (χ1n) is 9.81. The van der Waals surface area contributed by atoms with E-state index in [9.17, 15) is 13.2 Å². The molecule has 8 heteroatoms. The first kappa shape index (κ1) is 19.6. The van der Waals surface area contributed by atoms with E-state index in [4.69, 9.17) is 4.98 Å². The number of nitrogens with one attached hydrogen (secondary N) is 1. The number of fused-ring (bicyclic) bond motifs is 1. The molecular formula is C21H24N4O3S. The summed E-state index contributed by atoms with van der Waals surface area (Å²) in [5.41, 5.74) is 2.11. The van der Waals surface area contributed by atoms with Crippen LogP contribution in [0.2, 0.25) is 0 Å². The minimum atomic E-state index is -3.44. The molecule has 2 heterocycles. The first-order chi connectivity index (χ1) is 13.9. The average Bonchev–Trinajstić information content (AvgIpc) is 3.46. The smallest absolute Gasteiger partial charge is 0.252 e. The van der Waals surface area contributed by atoms with Gasteiger partial charge in [-0.25, -0.2) is 18.1 Å². The Morgan fingerprint density at radius 1 is 1.24 bits per heavy atom. The predicted octanol–water partition coefficient (Wildman–Crippen LogP) is 3.09. The van der Waals surface area contributed by atoms with E-state index in [0.717, 1.165) is 18.5 Å². The number of carbonyl (C=O) groups is 1. The SMILES string of the molecule is CC(C)n1ncc2c(C(=O)NCCS(=O)(=O)c3ccccc3)cc(C3CC3)nc21. The normalized spacial score (nSPS) is 14.4. The van der Waals surface area contributed by atoms with Crippen molar-refractivity contribution >= 4 is 26.8 Å². The maximum absolute atomic E-state index is 12.9. The van der Waals surface area contributed by atoms with Crippen molar-refractivity contribution in [3.05, 3.63) is 53.9 Å². The minimum Gasteiger partial charge on any atom is -0.351 e. The van der Waals surface area contributed by atoms with Gasteiger partial charge in [0.05, 0.1) is 27.8 Å². The van der Waals surface area contributed by atoms with Crippen LogP contribution < -0.4 is 5.32 Å². The molecule has 0 atom stereocenters. The monoisotopic (exact) mass is 412 g/mol. The molecule has 0 unspecified atom stereocenters. The van der Waals surface area contributed by atoms with Crippen molar-refractivity contribution in [2.75, 3.05) is 12.3 Å². The molecule has 4 rings (SSSR count). The highest BCUT2D eigenvalue weighted by Crippen LogP contribution is 2.40. The maximum atomic E-state index is 12.9. The van der Waals surface area contributed by atoms with Gasteiger partial charge in [-0.2, -0.15) is 5.10 Å². The van der Waals surface area contributed by atoms with E-state index in [0.29, 0.717) is 22.5 Å². The Morgan fingerprint density at radius 3 is 2.62 bits per heavy atom. The number of amides is 1. The summed E-state index contributed by atoms with van der Waals surface area (Å²) in [7, 11) is -3.44. The first-order valence-corrected chi connectivity index (χ1v) is 11.5. The standard InChI is InChI=1S/C21H24N4O3S/c1-14(2)25-20-18(13-23-25)17(12-19(24-20)15-8-9-15)21(26)22-10-11-29(27,28)16-6-4-3-5-7-16/h3-7,12-15H,8-11H2,1-2H3,(H,22,26). The Labute approximate surface area is 170 Å². The van der Waals surface area contributed by atoms with Crippen LogP contribution in [0.15, 0.2) is 47.5 Å². The molecule has 1 aliphatic rings. The van der Waals surface area contributed by atoms with Crippen LogP contribution in [-0.2, 0) is 9.84 Å². The van der Waals surface area contributed by atoms with Crippen molar-refractivity contribution in [1.29, 1.82) is 0 Å². The number of rotatable bonds is 7. The highest BCUT2D eigenvalue weighted by molar-refractivity contribution is 7.91. The second-order valence-electron chi connectivity index (χ2n) is 7.68. The lowest BCUT2D eigenvalue weighted by molar-refractivity contribution is 0.0957. The van der Waals surface area contributed by atoms with Gasteiger partial charge in [0, 0.05) is 24.2 Å². The third-order valence-electron chi connectivity index (χ3n) is 5.07. The van der Waals surface area contributed by atoms with E-state index in [2.05, 4.69) is 10.4 Å². The highest BCUT2D eigenvalue weighted by Gasteiger charge is 2.28. The second kappa shape index (κ2) is 7.59. The molecule has 0 aliphatic heterocycles. The molecule has 1 N–H and O–H groups in total. The zero-order chi connectivity index (χ0) is 20.6. The van der Waals surface area contributed by atoms with Gasteiger partial charge in [-0.05, 0) is 44.9 Å². The summed E-state index contributed by atoms with van der Waals surface area (Å²) in [4.78, 5) is 17.9. The number of nitrogens with zero attached hydrogens (tertiary/aromatic N) is 3. The van der Waals surface area contributed by atoms with Crippen LogP contribution in [0.4, 0.5) is 0 Å². The van der Waals surface area contributed by atoms with Crippen molar-refractivity contribution in [1.82, 2.24) is 20.1 Å². The van der Waals surface area contributed by atoms with Crippen LogP contribution in [0, 0.1) is 0 Å². The van der Waals surface area contributed by atoms with Crippen molar-refractivity contribution < 1.29 is 13.2 Å². The Kier molecular flexibility index (Phi) is 5.12. The molecule has 0 spiro atoms. The van der Waals surface area contributed by atoms with Crippen LogP contribution >= 0.6 is 0 Å².